The van der Waals surface area contributed by atoms with Gasteiger partial charge in [-0.25, -0.2) is 0 Å². The van der Waals surface area contributed by atoms with Crippen molar-refractivity contribution in [1.82, 2.24) is 5.32 Å². The fourth-order valence-electron chi connectivity index (χ4n) is 7.04. The number of aliphatic hydroxyl groups excluding tert-OH is 2. The zero-order chi connectivity index (χ0) is 39.4. The number of rotatable bonds is 43. The third-order valence-electron chi connectivity index (χ3n) is 10.7. The quantitative estimate of drug-likeness (QED) is 0.0327. The normalized spacial score (nSPS) is 12.9. The van der Waals surface area contributed by atoms with Gasteiger partial charge in [0.25, 0.3) is 0 Å². The van der Waals surface area contributed by atoms with Crippen LogP contribution in [0.25, 0.3) is 0 Å². The predicted molar refractivity (Wildman–Crippen MR) is 232 cm³/mol. The molecule has 0 fully saturated rings. The number of esters is 1. The van der Waals surface area contributed by atoms with Gasteiger partial charge in [-0.05, 0) is 57.8 Å². The monoisotopic (exact) mass is 762 g/mol. The summed E-state index contributed by atoms with van der Waals surface area (Å²) in [6, 6.07) is -0.631. The van der Waals surface area contributed by atoms with E-state index in [9.17, 15) is 19.8 Å². The van der Waals surface area contributed by atoms with Crippen molar-refractivity contribution in [3.05, 3.63) is 24.3 Å². The lowest BCUT2D eigenvalue weighted by atomic mass is 10.0. The Bertz CT molecular complexity index is 843. The van der Waals surface area contributed by atoms with E-state index >= 15 is 0 Å². The van der Waals surface area contributed by atoms with Crippen molar-refractivity contribution in [3.63, 3.8) is 0 Å². The zero-order valence-electron chi connectivity index (χ0n) is 36.0. The molecule has 54 heavy (non-hydrogen) atoms. The minimum absolute atomic E-state index is 0.0107. The van der Waals surface area contributed by atoms with Gasteiger partial charge in [0.05, 0.1) is 25.4 Å². The summed E-state index contributed by atoms with van der Waals surface area (Å²) in [6.45, 7) is 4.83. The smallest absolute Gasteiger partial charge is 0.305 e. The van der Waals surface area contributed by atoms with Crippen molar-refractivity contribution in [1.29, 1.82) is 0 Å². The molecule has 0 aliphatic heterocycles. The van der Waals surface area contributed by atoms with Crippen LogP contribution >= 0.6 is 0 Å². The van der Waals surface area contributed by atoms with Crippen molar-refractivity contribution >= 4 is 11.9 Å². The lowest BCUT2D eigenvalue weighted by Crippen LogP contribution is -2.45. The van der Waals surface area contributed by atoms with Crippen LogP contribution in [-0.2, 0) is 14.3 Å². The molecule has 0 aliphatic carbocycles. The summed E-state index contributed by atoms with van der Waals surface area (Å²) < 4.78 is 5.45. The Labute approximate surface area is 335 Å². The van der Waals surface area contributed by atoms with Gasteiger partial charge >= 0.3 is 5.97 Å². The van der Waals surface area contributed by atoms with Gasteiger partial charge in [-0.1, -0.05) is 199 Å². The van der Waals surface area contributed by atoms with E-state index in [4.69, 9.17) is 4.74 Å². The Morgan fingerprint density at radius 2 is 0.870 bits per heavy atom. The van der Waals surface area contributed by atoms with Gasteiger partial charge in [0.1, 0.15) is 0 Å². The van der Waals surface area contributed by atoms with Gasteiger partial charge in [0.15, 0.2) is 0 Å². The van der Waals surface area contributed by atoms with Crippen molar-refractivity contribution in [3.8, 4) is 0 Å². The summed E-state index contributed by atoms with van der Waals surface area (Å²) in [4.78, 5) is 24.3. The molecule has 0 rings (SSSR count). The summed E-state index contributed by atoms with van der Waals surface area (Å²) in [5.41, 5.74) is 0. The molecule has 0 bridgehead atoms. The number of allylic oxidation sites excluding steroid dienone is 3. The van der Waals surface area contributed by atoms with Gasteiger partial charge < -0.3 is 20.3 Å². The number of nitrogens with one attached hydrogen (secondary N) is 1. The number of hydrogen-bond donors (Lipinski definition) is 3. The van der Waals surface area contributed by atoms with Crippen molar-refractivity contribution in [2.45, 2.75) is 257 Å². The van der Waals surface area contributed by atoms with E-state index in [1.807, 2.05) is 6.08 Å². The first-order chi connectivity index (χ1) is 26.5. The molecule has 0 heterocycles. The molecule has 0 aromatic carbocycles. The molecule has 0 spiro atoms. The standard InChI is InChI=1S/C48H91NO5/c1-3-5-7-9-11-13-14-18-22-26-30-34-38-42-48(53)54-43-39-35-31-27-23-20-17-15-16-19-21-25-29-33-37-41-47(52)49-45(44-50)46(51)40-36-32-28-24-12-10-8-6-4-2/h13-14,36,40,45-46,50-51H,3-12,15-35,37-39,41-44H2,1-2H3,(H,49,52)/b14-13-,40-36+. The molecule has 0 radical (unpaired) electrons. The Hall–Kier alpha value is -1.66. The fraction of sp³-hybridized carbons (Fsp3) is 0.875. The van der Waals surface area contributed by atoms with Crippen LogP contribution in [0.2, 0.25) is 0 Å². The van der Waals surface area contributed by atoms with Crippen molar-refractivity contribution in [2.75, 3.05) is 13.2 Å². The van der Waals surface area contributed by atoms with Crippen LogP contribution < -0.4 is 5.32 Å². The highest BCUT2D eigenvalue weighted by Gasteiger charge is 2.18. The first-order valence-electron chi connectivity index (χ1n) is 23.6. The van der Waals surface area contributed by atoms with E-state index in [1.165, 1.54) is 161 Å². The van der Waals surface area contributed by atoms with Crippen LogP contribution in [0.5, 0.6) is 0 Å². The molecule has 3 N–H and O–H groups in total. The third-order valence-corrected chi connectivity index (χ3v) is 10.7. The summed E-state index contributed by atoms with van der Waals surface area (Å²) in [7, 11) is 0. The van der Waals surface area contributed by atoms with Gasteiger partial charge in [-0.2, -0.15) is 0 Å². The highest BCUT2D eigenvalue weighted by atomic mass is 16.5. The van der Waals surface area contributed by atoms with E-state index < -0.39 is 12.1 Å². The molecule has 0 aromatic rings. The SMILES string of the molecule is CCCCCC/C=C\CCCCCCCC(=O)OCCCCCCCCCCCCCCCCCC(=O)NC(CO)C(O)/C=C/CCCCCCCCC. The Morgan fingerprint density at radius 3 is 1.33 bits per heavy atom. The number of aliphatic hydroxyl groups is 2. The number of ether oxygens (including phenoxy) is 1. The average Bonchev–Trinajstić information content (AvgIpc) is 3.17. The van der Waals surface area contributed by atoms with Gasteiger partial charge in [-0.15, -0.1) is 0 Å². The molecule has 6 heteroatoms. The molecule has 2 unspecified atom stereocenters. The topological polar surface area (TPSA) is 95.9 Å². The first-order valence-corrected chi connectivity index (χ1v) is 23.6. The number of hydrogen-bond acceptors (Lipinski definition) is 5. The molecular formula is C48H91NO5. The number of amides is 1. The Balaban J connectivity index is 3.44. The molecule has 318 valence electrons. The summed E-state index contributed by atoms with van der Waals surface area (Å²) in [5, 5.41) is 22.9. The maximum atomic E-state index is 12.3. The van der Waals surface area contributed by atoms with Crippen molar-refractivity contribution < 1.29 is 24.5 Å². The van der Waals surface area contributed by atoms with Crippen LogP contribution in [0.4, 0.5) is 0 Å². The number of carbonyl (C=O) groups excluding carboxylic acids is 2. The lowest BCUT2D eigenvalue weighted by molar-refractivity contribution is -0.143. The van der Waals surface area contributed by atoms with Gasteiger partial charge in [0, 0.05) is 12.8 Å². The molecule has 2 atom stereocenters. The first kappa shape index (κ1) is 52.3. The highest BCUT2D eigenvalue weighted by Crippen LogP contribution is 2.15. The second-order valence-electron chi connectivity index (χ2n) is 16.1. The third kappa shape index (κ3) is 40.0. The summed E-state index contributed by atoms with van der Waals surface area (Å²) in [5.74, 6) is -0.0909. The second kappa shape index (κ2) is 44.1. The molecular weight excluding hydrogens is 671 g/mol. The van der Waals surface area contributed by atoms with Crippen molar-refractivity contribution in [2.24, 2.45) is 0 Å². The van der Waals surface area contributed by atoms with Gasteiger partial charge in [-0.3, -0.25) is 9.59 Å². The molecule has 6 nitrogen and oxygen atoms in total. The van der Waals surface area contributed by atoms with E-state index in [2.05, 4.69) is 31.3 Å². The average molecular weight is 762 g/mol. The predicted octanol–water partition coefficient (Wildman–Crippen LogP) is 13.6. The second-order valence-corrected chi connectivity index (χ2v) is 16.1. The molecule has 0 aliphatic rings. The molecule has 0 aromatic heterocycles. The van der Waals surface area contributed by atoms with Crippen LogP contribution in [0.1, 0.15) is 245 Å². The van der Waals surface area contributed by atoms with Gasteiger partial charge in [0.2, 0.25) is 5.91 Å². The maximum Gasteiger partial charge on any atom is 0.305 e. The summed E-state index contributed by atoms with van der Waals surface area (Å²) in [6.07, 6.45) is 50.3. The van der Waals surface area contributed by atoms with Crippen LogP contribution in [0, 0.1) is 0 Å². The molecule has 1 amide bonds. The number of carbonyl (C=O) groups is 2. The zero-order valence-corrected chi connectivity index (χ0v) is 36.0. The fourth-order valence-corrected chi connectivity index (χ4v) is 7.04. The van der Waals surface area contributed by atoms with Crippen LogP contribution in [0.3, 0.4) is 0 Å². The lowest BCUT2D eigenvalue weighted by Gasteiger charge is -2.20. The van der Waals surface area contributed by atoms with Crippen LogP contribution in [0.15, 0.2) is 24.3 Å². The Morgan fingerprint density at radius 1 is 0.500 bits per heavy atom. The van der Waals surface area contributed by atoms with E-state index in [1.54, 1.807) is 6.08 Å². The molecule has 0 saturated heterocycles. The Kier molecular flexibility index (Phi) is 42.7. The maximum absolute atomic E-state index is 12.3. The van der Waals surface area contributed by atoms with E-state index in [0.717, 1.165) is 57.8 Å². The highest BCUT2D eigenvalue weighted by molar-refractivity contribution is 5.76. The number of unbranched alkanes of at least 4 members (excludes halogenated alkanes) is 30. The van der Waals surface area contributed by atoms with Crippen LogP contribution in [-0.4, -0.2) is 47.4 Å². The van der Waals surface area contributed by atoms with E-state index in [0.29, 0.717) is 19.4 Å². The minimum atomic E-state index is -0.847. The minimum Gasteiger partial charge on any atom is -0.466 e. The molecule has 0 saturated carbocycles. The largest absolute Gasteiger partial charge is 0.466 e. The summed E-state index contributed by atoms with van der Waals surface area (Å²) >= 11 is 0. The van der Waals surface area contributed by atoms with E-state index in [-0.39, 0.29) is 18.5 Å².